The maximum atomic E-state index is 12.8. The molecule has 1 amide bonds. The molecule has 1 unspecified atom stereocenters. The molecule has 0 heterocycles. The number of carbonyl (C=O) groups excluding carboxylic acids is 1. The Bertz CT molecular complexity index is 1080. The summed E-state index contributed by atoms with van der Waals surface area (Å²) in [7, 11) is 1.38. The van der Waals surface area contributed by atoms with Crippen LogP contribution in [0.5, 0.6) is 17.2 Å². The van der Waals surface area contributed by atoms with E-state index >= 15 is 0 Å². The second-order valence-electron chi connectivity index (χ2n) is 7.90. The van der Waals surface area contributed by atoms with Gasteiger partial charge in [0.05, 0.1) is 0 Å². The van der Waals surface area contributed by atoms with Gasteiger partial charge in [-0.1, -0.05) is 30.3 Å². The van der Waals surface area contributed by atoms with Crippen molar-refractivity contribution in [3.63, 3.8) is 0 Å². The molecule has 7 heteroatoms. The van der Waals surface area contributed by atoms with Crippen LogP contribution >= 0.6 is 0 Å². The zero-order valence-electron chi connectivity index (χ0n) is 19.6. The largest absolute Gasteiger partial charge is 0.484 e. The minimum absolute atomic E-state index is 0.125. The summed E-state index contributed by atoms with van der Waals surface area (Å²) in [6.45, 7) is 3.79. The van der Waals surface area contributed by atoms with Crippen LogP contribution in [0.3, 0.4) is 0 Å². The minimum Gasteiger partial charge on any atom is -0.484 e. The molecule has 3 aromatic carbocycles. The molecule has 0 bridgehead atoms. The lowest BCUT2D eigenvalue weighted by Gasteiger charge is -2.23. The lowest BCUT2D eigenvalue weighted by Crippen LogP contribution is -2.39. The molecule has 0 aliphatic heterocycles. The van der Waals surface area contributed by atoms with Crippen LogP contribution in [-0.4, -0.2) is 42.8 Å². The molecule has 0 spiro atoms. The zero-order valence-corrected chi connectivity index (χ0v) is 19.6. The normalized spacial score (nSPS) is 12.4. The van der Waals surface area contributed by atoms with E-state index in [9.17, 15) is 14.7 Å². The molecule has 0 saturated heterocycles. The third-order valence-corrected chi connectivity index (χ3v) is 5.47. The molecule has 0 aromatic heterocycles. The van der Waals surface area contributed by atoms with E-state index in [-0.39, 0.29) is 18.9 Å². The van der Waals surface area contributed by atoms with Crippen LogP contribution in [0.1, 0.15) is 19.4 Å². The maximum Gasteiger partial charge on any atom is 0.336 e. The quantitative estimate of drug-likeness (QED) is 0.433. The van der Waals surface area contributed by atoms with Gasteiger partial charge in [0.25, 0.3) is 5.91 Å². The van der Waals surface area contributed by atoms with E-state index in [1.54, 1.807) is 29.2 Å². The van der Waals surface area contributed by atoms with Crippen LogP contribution in [0.15, 0.2) is 78.9 Å². The van der Waals surface area contributed by atoms with E-state index in [4.69, 9.17) is 14.2 Å². The fourth-order valence-corrected chi connectivity index (χ4v) is 3.37. The molecule has 7 nitrogen and oxygen atoms in total. The number of ether oxygens (including phenoxy) is 3. The summed E-state index contributed by atoms with van der Waals surface area (Å²) in [6.07, 6.45) is 0.214. The number of hydrogen-bond acceptors (Lipinski definition) is 5. The number of rotatable bonds is 11. The topological polar surface area (TPSA) is 85.3 Å². The molecular weight excluding hydrogens is 434 g/mol. The Morgan fingerprint density at radius 2 is 1.47 bits per heavy atom. The third-order valence-electron chi connectivity index (χ3n) is 5.47. The highest BCUT2D eigenvalue weighted by molar-refractivity contribution is 5.94. The summed E-state index contributed by atoms with van der Waals surface area (Å²) in [5.74, 6) is 0.741. The third kappa shape index (κ3) is 6.36. The van der Waals surface area contributed by atoms with Crippen molar-refractivity contribution in [3.8, 4) is 17.2 Å². The van der Waals surface area contributed by atoms with Crippen LogP contribution in [0.2, 0.25) is 0 Å². The van der Waals surface area contributed by atoms with E-state index in [0.29, 0.717) is 18.0 Å². The van der Waals surface area contributed by atoms with Gasteiger partial charge in [0.15, 0.2) is 12.2 Å². The number of methoxy groups -OCH3 is 1. The van der Waals surface area contributed by atoms with Gasteiger partial charge >= 0.3 is 5.97 Å². The number of carboxylic acid groups (broad SMARTS) is 1. The number of carboxylic acids is 1. The number of benzene rings is 3. The summed E-state index contributed by atoms with van der Waals surface area (Å²) in [6, 6.07) is 23.8. The SMILES string of the molecule is CCN(C(=O)COc1ccc(CC(C)(OC)C(=O)O)cc1)c1ccc(Oc2ccccc2)cc1. The second-order valence-corrected chi connectivity index (χ2v) is 7.90. The van der Waals surface area contributed by atoms with E-state index in [1.807, 2.05) is 61.5 Å². The number of amides is 1. The van der Waals surface area contributed by atoms with Crippen molar-refractivity contribution in [1.29, 1.82) is 0 Å². The van der Waals surface area contributed by atoms with Crippen molar-refractivity contribution in [1.82, 2.24) is 0 Å². The molecule has 0 aliphatic carbocycles. The number of hydrogen-bond donors (Lipinski definition) is 1. The van der Waals surface area contributed by atoms with Crippen LogP contribution in [0.25, 0.3) is 0 Å². The van der Waals surface area contributed by atoms with E-state index < -0.39 is 11.6 Å². The molecule has 178 valence electrons. The zero-order chi connectivity index (χ0) is 24.6. The number of nitrogens with zero attached hydrogens (tertiary/aromatic N) is 1. The number of anilines is 1. The van der Waals surface area contributed by atoms with E-state index in [1.165, 1.54) is 14.0 Å². The highest BCUT2D eigenvalue weighted by Gasteiger charge is 2.33. The van der Waals surface area contributed by atoms with Gasteiger partial charge in [0, 0.05) is 25.8 Å². The van der Waals surface area contributed by atoms with Gasteiger partial charge in [-0.2, -0.15) is 0 Å². The summed E-state index contributed by atoms with van der Waals surface area (Å²) in [5.41, 5.74) is 0.236. The first-order valence-electron chi connectivity index (χ1n) is 11.0. The van der Waals surface area contributed by atoms with Crippen molar-refractivity contribution in [2.75, 3.05) is 25.2 Å². The molecular formula is C27H29NO6. The molecule has 0 fully saturated rings. The van der Waals surface area contributed by atoms with Crippen LogP contribution in [-0.2, 0) is 20.7 Å². The first-order chi connectivity index (χ1) is 16.3. The lowest BCUT2D eigenvalue weighted by atomic mass is 9.96. The predicted molar refractivity (Wildman–Crippen MR) is 130 cm³/mol. The Hall–Kier alpha value is -3.84. The molecule has 0 aliphatic rings. The molecule has 1 atom stereocenters. The highest BCUT2D eigenvalue weighted by atomic mass is 16.5. The van der Waals surface area contributed by atoms with Gasteiger partial charge in [0.1, 0.15) is 17.2 Å². The van der Waals surface area contributed by atoms with Gasteiger partial charge in [0.2, 0.25) is 0 Å². The van der Waals surface area contributed by atoms with E-state index in [0.717, 1.165) is 17.0 Å². The Kier molecular flexibility index (Phi) is 8.27. The van der Waals surface area contributed by atoms with Crippen molar-refractivity contribution < 1.29 is 28.9 Å². The Balaban J connectivity index is 1.57. The average Bonchev–Trinajstić information content (AvgIpc) is 2.85. The fourth-order valence-electron chi connectivity index (χ4n) is 3.37. The van der Waals surface area contributed by atoms with Gasteiger partial charge < -0.3 is 24.2 Å². The van der Waals surface area contributed by atoms with Crippen molar-refractivity contribution in [3.05, 3.63) is 84.4 Å². The fraction of sp³-hybridized carbons (Fsp3) is 0.259. The standard InChI is InChI=1S/C27H29NO6/c1-4-28(21-12-16-24(17-13-21)34-23-8-6-5-7-9-23)25(29)19-33-22-14-10-20(11-15-22)18-27(2,32-3)26(30)31/h5-17H,4,18-19H2,1-3H3,(H,30,31). The first-order valence-corrected chi connectivity index (χ1v) is 11.0. The number of para-hydroxylation sites is 1. The molecule has 0 saturated carbocycles. The van der Waals surface area contributed by atoms with Crippen LogP contribution in [0, 0.1) is 0 Å². The minimum atomic E-state index is -1.30. The number of aliphatic carboxylic acids is 1. The van der Waals surface area contributed by atoms with E-state index in [2.05, 4.69) is 0 Å². The van der Waals surface area contributed by atoms with Gasteiger partial charge in [-0.3, -0.25) is 4.79 Å². The Morgan fingerprint density at radius 1 is 0.882 bits per heavy atom. The average molecular weight is 464 g/mol. The number of carbonyl (C=O) groups is 2. The predicted octanol–water partition coefficient (Wildman–Crippen LogP) is 4.94. The molecule has 3 rings (SSSR count). The van der Waals surface area contributed by atoms with Crippen molar-refractivity contribution in [2.45, 2.75) is 25.9 Å². The smallest absolute Gasteiger partial charge is 0.336 e. The Morgan fingerprint density at radius 3 is 2.03 bits per heavy atom. The van der Waals surface area contributed by atoms with Gasteiger partial charge in [-0.05, 0) is 67.9 Å². The van der Waals surface area contributed by atoms with Gasteiger partial charge in [-0.15, -0.1) is 0 Å². The van der Waals surface area contributed by atoms with Crippen molar-refractivity contribution >= 4 is 17.6 Å². The van der Waals surface area contributed by atoms with Crippen LogP contribution in [0.4, 0.5) is 5.69 Å². The molecule has 0 radical (unpaired) electrons. The maximum absolute atomic E-state index is 12.8. The van der Waals surface area contributed by atoms with Gasteiger partial charge in [-0.25, -0.2) is 4.79 Å². The molecule has 34 heavy (non-hydrogen) atoms. The monoisotopic (exact) mass is 463 g/mol. The summed E-state index contributed by atoms with van der Waals surface area (Å²) >= 11 is 0. The summed E-state index contributed by atoms with van der Waals surface area (Å²) < 4.78 is 16.6. The molecule has 3 aromatic rings. The Labute approximate surface area is 199 Å². The van der Waals surface area contributed by atoms with Crippen LogP contribution < -0.4 is 14.4 Å². The lowest BCUT2D eigenvalue weighted by molar-refractivity contribution is -0.159. The van der Waals surface area contributed by atoms with Crippen molar-refractivity contribution in [2.24, 2.45) is 0 Å². The first kappa shape index (κ1) is 24.8. The summed E-state index contributed by atoms with van der Waals surface area (Å²) in [5, 5.41) is 9.35. The summed E-state index contributed by atoms with van der Waals surface area (Å²) in [4.78, 5) is 25.8. The second kappa shape index (κ2) is 11.3. The number of likely N-dealkylation sites (N-methyl/N-ethyl adjacent to an activating group) is 1. The molecule has 1 N–H and O–H groups in total. The highest BCUT2D eigenvalue weighted by Crippen LogP contribution is 2.25.